The van der Waals surface area contributed by atoms with Gasteiger partial charge >= 0.3 is 5.97 Å². The molecule has 1 aromatic heterocycles. The van der Waals surface area contributed by atoms with Gasteiger partial charge in [0.2, 0.25) is 0 Å². The Bertz CT molecular complexity index is 1310. The summed E-state index contributed by atoms with van der Waals surface area (Å²) < 4.78 is 25.7. The first kappa shape index (κ1) is 25.0. The Balaban J connectivity index is 1.71. The number of hydrogen-bond acceptors (Lipinski definition) is 6. The summed E-state index contributed by atoms with van der Waals surface area (Å²) in [6.45, 7) is 3.32. The van der Waals surface area contributed by atoms with Crippen LogP contribution in [0.3, 0.4) is 0 Å². The molecule has 9 heteroatoms. The van der Waals surface area contributed by atoms with Crippen molar-refractivity contribution in [2.45, 2.75) is 30.7 Å². The Morgan fingerprint density at radius 1 is 1.03 bits per heavy atom. The van der Waals surface area contributed by atoms with Gasteiger partial charge in [0, 0.05) is 51.9 Å². The summed E-state index contributed by atoms with van der Waals surface area (Å²) in [5.41, 5.74) is 3.85. The van der Waals surface area contributed by atoms with Crippen LogP contribution in [0, 0.1) is 6.92 Å². The predicted molar refractivity (Wildman–Crippen MR) is 138 cm³/mol. The van der Waals surface area contributed by atoms with E-state index >= 15 is 0 Å². The van der Waals surface area contributed by atoms with Crippen molar-refractivity contribution in [3.05, 3.63) is 93.4 Å². The van der Waals surface area contributed by atoms with E-state index in [2.05, 4.69) is 0 Å². The van der Waals surface area contributed by atoms with Crippen LogP contribution in [0.4, 0.5) is 5.69 Å². The van der Waals surface area contributed by atoms with Crippen LogP contribution in [0.1, 0.15) is 34.6 Å². The molecule has 3 N–H and O–H groups in total. The number of fused-ring (bicyclic) bond motifs is 1. The quantitative estimate of drug-likeness (QED) is 0.467. The second-order valence-electron chi connectivity index (χ2n) is 9.02. The third-order valence-corrected chi connectivity index (χ3v) is 8.62. The number of hydrogen-bond donors (Lipinski definition) is 3. The molecule has 1 unspecified atom stereocenters. The highest BCUT2D eigenvalue weighted by molar-refractivity contribution is 8.22. The largest absolute Gasteiger partial charge is 0.481 e. The van der Waals surface area contributed by atoms with Gasteiger partial charge in [-0.25, -0.2) is 0 Å². The molecule has 0 saturated carbocycles. The van der Waals surface area contributed by atoms with Crippen LogP contribution in [-0.4, -0.2) is 49.2 Å². The van der Waals surface area contributed by atoms with Gasteiger partial charge in [-0.3, -0.25) is 18.7 Å². The zero-order valence-electron chi connectivity index (χ0n) is 20.1. The molecule has 3 aromatic rings. The molecule has 1 aliphatic heterocycles. The average molecular weight is 498 g/mol. The Morgan fingerprint density at radius 2 is 1.74 bits per heavy atom. The van der Waals surface area contributed by atoms with E-state index in [9.17, 15) is 23.8 Å². The van der Waals surface area contributed by atoms with Gasteiger partial charge in [-0.15, -0.1) is 10.8 Å². The summed E-state index contributed by atoms with van der Waals surface area (Å²) >= 11 is 0. The van der Waals surface area contributed by atoms with Gasteiger partial charge in [0.25, 0.3) is 5.56 Å². The molecule has 8 nitrogen and oxygen atoms in total. The lowest BCUT2D eigenvalue weighted by molar-refractivity contribution is -0.137. The number of aliphatic carboxylic acids is 1. The van der Waals surface area contributed by atoms with E-state index < -0.39 is 22.7 Å². The van der Waals surface area contributed by atoms with Crippen molar-refractivity contribution in [1.29, 1.82) is 0 Å². The molecule has 35 heavy (non-hydrogen) atoms. The number of benzene rings is 2. The Labute approximate surface area is 206 Å². The lowest BCUT2D eigenvalue weighted by Gasteiger charge is -2.42. The maximum Gasteiger partial charge on any atom is 0.304 e. The maximum atomic E-state index is 12.2. The minimum atomic E-state index is -3.23. The molecule has 0 spiro atoms. The summed E-state index contributed by atoms with van der Waals surface area (Å²) in [6.07, 6.45) is 1.48. The normalized spacial score (nSPS) is 17.3. The first-order valence-corrected chi connectivity index (χ1v) is 12.9. The number of aryl methyl sites for hydroxylation is 2. The number of anilines is 1. The van der Waals surface area contributed by atoms with Gasteiger partial charge in [0.05, 0.1) is 17.0 Å². The van der Waals surface area contributed by atoms with Gasteiger partial charge in [-0.05, 0) is 47.4 Å². The molecule has 2 heterocycles. The molecule has 4 rings (SSSR count). The number of carboxylic acids is 1. The number of para-hydroxylation sites is 1. The van der Waals surface area contributed by atoms with Crippen molar-refractivity contribution in [2.24, 2.45) is 7.05 Å². The molecule has 186 valence electrons. The van der Waals surface area contributed by atoms with Crippen molar-refractivity contribution in [3.8, 4) is 0 Å². The number of rotatable bonds is 6. The van der Waals surface area contributed by atoms with Gasteiger partial charge in [-0.1, -0.05) is 30.3 Å². The van der Waals surface area contributed by atoms with Crippen LogP contribution in [0.15, 0.2) is 70.5 Å². The Morgan fingerprint density at radius 3 is 2.46 bits per heavy atom. The zero-order valence-corrected chi connectivity index (χ0v) is 20.9. The summed E-state index contributed by atoms with van der Waals surface area (Å²) in [7, 11) is 0.357. The van der Waals surface area contributed by atoms with Gasteiger partial charge in [-0.2, -0.15) is 4.31 Å². The summed E-state index contributed by atoms with van der Waals surface area (Å²) in [6, 6.07) is 16.3. The Hall–Kier alpha value is -3.11. The topological polar surface area (TPSA) is 106 Å². The van der Waals surface area contributed by atoms with Crippen molar-refractivity contribution >= 4 is 22.4 Å². The summed E-state index contributed by atoms with van der Waals surface area (Å²) in [4.78, 5) is 26.4. The number of carboxylic acid groups (broad SMARTS) is 1. The minimum Gasteiger partial charge on any atom is -0.481 e. The minimum absolute atomic E-state index is 0.160. The number of carbonyl (C=O) groups is 1. The van der Waals surface area contributed by atoms with Gasteiger partial charge < -0.3 is 14.6 Å². The molecule has 2 aromatic carbocycles. The summed E-state index contributed by atoms with van der Waals surface area (Å²) in [5.74, 6) is -1.46. The first-order chi connectivity index (χ1) is 16.6. The van der Waals surface area contributed by atoms with E-state index in [0.717, 1.165) is 22.4 Å². The second-order valence-corrected chi connectivity index (χ2v) is 11.0. The average Bonchev–Trinajstić information content (AvgIpc) is 2.91. The van der Waals surface area contributed by atoms with E-state index in [1.165, 1.54) is 10.6 Å². The number of nitrogens with zero attached hydrogens (tertiary/aromatic N) is 3. The molecule has 0 radical (unpaired) electrons. The molecule has 0 fully saturated rings. The molecular weight excluding hydrogens is 466 g/mol. The van der Waals surface area contributed by atoms with Crippen molar-refractivity contribution in [2.75, 3.05) is 25.0 Å². The van der Waals surface area contributed by atoms with Crippen LogP contribution in [-0.2, 0) is 18.4 Å². The molecule has 0 bridgehead atoms. The van der Waals surface area contributed by atoms with E-state index in [-0.39, 0.29) is 12.0 Å². The third kappa shape index (κ3) is 5.13. The van der Waals surface area contributed by atoms with Crippen molar-refractivity contribution in [1.82, 2.24) is 8.87 Å². The summed E-state index contributed by atoms with van der Waals surface area (Å²) in [5, 5.41) is 9.57. The molecule has 1 atom stereocenters. The number of pyridine rings is 1. The van der Waals surface area contributed by atoms with Crippen LogP contribution in [0.5, 0.6) is 0 Å². The Kier molecular flexibility index (Phi) is 7.05. The van der Waals surface area contributed by atoms with Crippen molar-refractivity contribution < 1.29 is 19.0 Å². The maximum absolute atomic E-state index is 12.2. The predicted octanol–water partition coefficient (Wildman–Crippen LogP) is 4.28. The molecule has 0 amide bonds. The molecule has 0 saturated heterocycles. The highest BCUT2D eigenvalue weighted by Gasteiger charge is 2.32. The highest BCUT2D eigenvalue weighted by atomic mass is 32.3. The molecule has 1 aliphatic rings. The fraction of sp³-hybridized carbons (Fsp3) is 0.308. The lowest BCUT2D eigenvalue weighted by Crippen LogP contribution is -2.31. The number of aromatic nitrogens is 1. The van der Waals surface area contributed by atoms with Crippen LogP contribution in [0.25, 0.3) is 0 Å². The third-order valence-electron chi connectivity index (χ3n) is 6.65. The van der Waals surface area contributed by atoms with Crippen LogP contribution >= 0.6 is 10.8 Å². The fourth-order valence-electron chi connectivity index (χ4n) is 4.47. The second kappa shape index (κ2) is 9.87. The van der Waals surface area contributed by atoms with E-state index in [4.69, 9.17) is 0 Å². The highest BCUT2D eigenvalue weighted by Crippen LogP contribution is 2.56. The smallest absolute Gasteiger partial charge is 0.304 e. The van der Waals surface area contributed by atoms with Crippen molar-refractivity contribution in [3.63, 3.8) is 0 Å². The van der Waals surface area contributed by atoms with Crippen LogP contribution in [0.2, 0.25) is 0 Å². The van der Waals surface area contributed by atoms with E-state index in [0.29, 0.717) is 30.1 Å². The zero-order chi connectivity index (χ0) is 25.3. The standard InChI is InChI=1S/C26H31N3O5S/c1-18-8-9-19(22(16-26(31)32)20-10-11-28(3)25(30)15-20)14-21(18)17-29-13-12-27(2)23-6-4-5-7-24(23)35(29,33)34/h4-11,14-15,22,33-34H,12-13,16-17H2,1-3H3,(H,31,32). The SMILES string of the molecule is Cc1ccc(C(CC(=O)O)c2ccn(C)c(=O)c2)cc1CN1CCN(C)c2ccccc2S1(O)O. The van der Waals surface area contributed by atoms with Crippen LogP contribution < -0.4 is 10.5 Å². The number of likely N-dealkylation sites (N-methyl/N-ethyl adjacent to an activating group) is 1. The van der Waals surface area contributed by atoms with E-state index in [1.807, 2.05) is 49.2 Å². The monoisotopic (exact) mass is 497 g/mol. The van der Waals surface area contributed by atoms with Gasteiger partial charge in [0.1, 0.15) is 0 Å². The molecular formula is C26H31N3O5S. The first-order valence-electron chi connectivity index (χ1n) is 11.4. The van der Waals surface area contributed by atoms with E-state index in [1.54, 1.807) is 35.7 Å². The lowest BCUT2D eigenvalue weighted by atomic mass is 9.87. The van der Waals surface area contributed by atoms with Gasteiger partial charge in [0.15, 0.2) is 0 Å². The fourth-order valence-corrected chi connectivity index (χ4v) is 6.17. The molecule has 0 aliphatic carbocycles.